The molecule has 37 nitrogen and oxygen atoms in total. The van der Waals surface area contributed by atoms with Crippen molar-refractivity contribution in [1.29, 1.82) is 0 Å². The summed E-state index contributed by atoms with van der Waals surface area (Å²) < 4.78 is 97.1. The van der Waals surface area contributed by atoms with Crippen molar-refractivity contribution in [2.24, 2.45) is 50.2 Å². The molecule has 13 aliphatic rings. The Labute approximate surface area is 635 Å². The molecule has 5 aliphatic carbocycles. The van der Waals surface area contributed by atoms with E-state index in [1.807, 2.05) is 0 Å². The van der Waals surface area contributed by atoms with Crippen LogP contribution in [0.4, 0.5) is 0 Å². The zero-order valence-electron chi connectivity index (χ0n) is 63.2. The maximum Gasteiger partial charge on any atom is 0.317 e. The van der Waals surface area contributed by atoms with Crippen LogP contribution in [-0.4, -0.2) is 375 Å². The third-order valence-electron chi connectivity index (χ3n) is 28.0. The van der Waals surface area contributed by atoms with Gasteiger partial charge in [0, 0.05) is 0 Å². The third kappa shape index (κ3) is 15.0. The van der Waals surface area contributed by atoms with Gasteiger partial charge in [-0.2, -0.15) is 0 Å². The van der Waals surface area contributed by atoms with Crippen LogP contribution < -0.4 is 0 Å². The first kappa shape index (κ1) is 85.7. The second-order valence-corrected chi connectivity index (χ2v) is 35.5. The highest BCUT2D eigenvalue weighted by molar-refractivity contribution is 5.80. The quantitative estimate of drug-likeness (QED) is 0.0345. The van der Waals surface area contributed by atoms with Gasteiger partial charge in [0.25, 0.3) is 0 Å². The lowest BCUT2D eigenvalue weighted by atomic mass is 9.33. The summed E-state index contributed by atoms with van der Waals surface area (Å²) in [5.74, 6) is -1.59. The fraction of sp³-hybridized carbons (Fsp3) is 0.959. The number of aliphatic hydroxyl groups is 20. The minimum atomic E-state index is -2.30. The fourth-order valence-corrected chi connectivity index (χ4v) is 21.0. The molecule has 0 unspecified atom stereocenters. The Morgan fingerprint density at radius 1 is 0.473 bits per heavy atom. The summed E-state index contributed by atoms with van der Waals surface area (Å²) in [5.41, 5.74) is -5.64. The maximum atomic E-state index is 16.2. The van der Waals surface area contributed by atoms with Crippen molar-refractivity contribution in [3.63, 3.8) is 0 Å². The molecule has 632 valence electrons. The normalized spacial score (nSPS) is 55.1. The minimum absolute atomic E-state index is 0.000275. The van der Waals surface area contributed by atoms with Gasteiger partial charge in [0.2, 0.25) is 6.29 Å². The Hall–Kier alpha value is -2.19. The van der Waals surface area contributed by atoms with Crippen LogP contribution in [0.2, 0.25) is 0 Å². The number of allylic oxidation sites excluding steroid dienone is 2. The van der Waals surface area contributed by atoms with Gasteiger partial charge >= 0.3 is 5.97 Å². The van der Waals surface area contributed by atoms with Gasteiger partial charge in [-0.1, -0.05) is 60.1 Å². The molecule has 8 aliphatic heterocycles. The number of ether oxygens (including phenoxy) is 16. The van der Waals surface area contributed by atoms with E-state index in [1.165, 1.54) is 13.8 Å². The summed E-state index contributed by atoms with van der Waals surface area (Å²) in [7, 11) is 0. The van der Waals surface area contributed by atoms with Crippen molar-refractivity contribution < 1.29 is 183 Å². The molecule has 12 fully saturated rings. The lowest BCUT2D eigenvalue weighted by Gasteiger charge is -2.71. The van der Waals surface area contributed by atoms with Gasteiger partial charge in [-0.3, -0.25) is 4.79 Å². The summed E-state index contributed by atoms with van der Waals surface area (Å²) >= 11 is 0. The van der Waals surface area contributed by atoms with E-state index in [0.717, 1.165) is 5.57 Å². The Bertz CT molecular complexity index is 3180. The molecular weight excluding hydrogens is 1470 g/mol. The first-order valence-corrected chi connectivity index (χ1v) is 38.7. The van der Waals surface area contributed by atoms with Crippen LogP contribution in [0.5, 0.6) is 0 Å². The SMILES string of the molecule is C[C@@H]1O[C@@H](O[C@@H]2[C@@H](O[C@@H]3O[C@@H](C)[C@H](O[C@@H]4OC[C@H](O)[C@H](O[C@@H]5OC[C@@H](O)[C@H](O)[C@H]5O)[C@H]4O)[C@@H](O[C@@H]4OC[C@](O)(CO)[C@H]4O)[C@H]3O)[C@H](OC(=O)[C@]34CCC(C)(C)C[C@@H]3C3=CC[C@@H]5[C@@]6(C)CC[C@H](O[C@@H]7O[C@H](CO[C@@H]8OC[C@H](O)[C@H](O)[C@H]8O)[C@@H](O)[C@H](O)[C@H]7O)C(C)(C)[C@@H]6CC[C@@]5(C)[C@]3(C)C[C@H]4O)OC[C@H]2O)[C@H](O)[C@H](O)[C@H]1O. The summed E-state index contributed by atoms with van der Waals surface area (Å²) in [6, 6.07) is 0. The van der Waals surface area contributed by atoms with E-state index >= 15 is 4.79 Å². The molecule has 0 aromatic heterocycles. The third-order valence-corrected chi connectivity index (χ3v) is 28.0. The van der Waals surface area contributed by atoms with Crippen molar-refractivity contribution in [3.05, 3.63) is 11.6 Å². The molecule has 43 atom stereocenters. The van der Waals surface area contributed by atoms with E-state index in [2.05, 4.69) is 54.5 Å². The Morgan fingerprint density at radius 3 is 1.65 bits per heavy atom. The van der Waals surface area contributed by atoms with Gasteiger partial charge in [-0.15, -0.1) is 0 Å². The number of esters is 1. The molecule has 8 saturated heterocycles. The highest BCUT2D eigenvalue weighted by Crippen LogP contribution is 2.76. The molecule has 0 aromatic rings. The topological polar surface area (TPSA) is 569 Å². The molecule has 0 spiro atoms. The first-order chi connectivity index (χ1) is 51.6. The molecule has 0 bridgehead atoms. The van der Waals surface area contributed by atoms with Crippen LogP contribution in [0.15, 0.2) is 11.6 Å². The van der Waals surface area contributed by atoms with Crippen molar-refractivity contribution in [2.45, 2.75) is 341 Å². The lowest BCUT2D eigenvalue weighted by molar-refractivity contribution is -0.394. The molecular formula is C73H118O37. The molecule has 13 rings (SSSR count). The first-order valence-electron chi connectivity index (χ1n) is 38.7. The minimum Gasteiger partial charge on any atom is -0.432 e. The molecule has 0 amide bonds. The number of fused-ring (bicyclic) bond motifs is 7. The standard InChI is InChI=1S/C73H118O37/c1-27-40(80)44(84)48(88)61(101-27)107-54-34(78)23-98-64(56(54)109-63-51(91)55(108-65-57(92)72(94,25-74)26-100-65)52(28(2)102-63)105-60-50(90)53(33(77)22-97-60)106-59-47(87)42(82)32(76)21-96-59)110-66(93)73-17-16-67(3,4)18-30(73)29-10-11-37-69(7)14-13-39(68(5,6)36(69)12-15-70(37,8)71(29,9)19-38(73)79)104-62-49(89)45(85)43(83)35(103-62)24-99-58-46(86)41(81)31(75)20-95-58/h10,27-28,30-65,74-92,94H,11-26H2,1-9H3/t27-,28-,30+,31-,32+,33-,34+,35+,36-,37+,38+,39-,40-,41-,42-,43+,44+,45-,46+,47+,48+,49+,50+,51+,52-,53-,54-,55-,56+,57-,58-,59-,60-,61-,62-,63-,64-,65-,69-,70+,71+,72+,73+/m0/s1. The van der Waals surface area contributed by atoms with Crippen molar-refractivity contribution in [2.75, 3.05) is 46.2 Å². The number of aliphatic hydroxyl groups excluding tert-OH is 19. The predicted octanol–water partition coefficient (Wildman–Crippen LogP) is -6.52. The molecule has 110 heavy (non-hydrogen) atoms. The fourth-order valence-electron chi connectivity index (χ4n) is 21.0. The van der Waals surface area contributed by atoms with Crippen molar-refractivity contribution in [3.8, 4) is 0 Å². The van der Waals surface area contributed by atoms with E-state index < -0.39 is 299 Å². The highest BCUT2D eigenvalue weighted by atomic mass is 16.8. The summed E-state index contributed by atoms with van der Waals surface area (Å²) in [5, 5.41) is 222. The molecule has 4 saturated carbocycles. The van der Waals surface area contributed by atoms with Crippen LogP contribution in [0.3, 0.4) is 0 Å². The van der Waals surface area contributed by atoms with E-state index in [-0.39, 0.29) is 36.7 Å². The van der Waals surface area contributed by atoms with Gasteiger partial charge in [-0.05, 0) is 116 Å². The number of carbonyl (C=O) groups is 1. The van der Waals surface area contributed by atoms with Gasteiger partial charge in [-0.25, -0.2) is 0 Å². The van der Waals surface area contributed by atoms with Crippen LogP contribution >= 0.6 is 0 Å². The Balaban J connectivity index is 0.769. The van der Waals surface area contributed by atoms with Crippen LogP contribution in [-0.2, 0) is 80.6 Å². The molecule has 0 aromatic carbocycles. The zero-order valence-corrected chi connectivity index (χ0v) is 63.2. The van der Waals surface area contributed by atoms with Crippen molar-refractivity contribution in [1.82, 2.24) is 0 Å². The van der Waals surface area contributed by atoms with E-state index in [1.54, 1.807) is 0 Å². The average molecular weight is 1590 g/mol. The molecule has 20 N–H and O–H groups in total. The van der Waals surface area contributed by atoms with Crippen LogP contribution in [0.25, 0.3) is 0 Å². The number of hydrogen-bond donors (Lipinski definition) is 20. The smallest absolute Gasteiger partial charge is 0.317 e. The van der Waals surface area contributed by atoms with Crippen LogP contribution in [0.1, 0.15) is 120 Å². The Morgan fingerprint density at radius 2 is 1.00 bits per heavy atom. The van der Waals surface area contributed by atoms with Gasteiger partial charge in [0.1, 0.15) is 145 Å². The van der Waals surface area contributed by atoms with E-state index in [4.69, 9.17) is 75.8 Å². The largest absolute Gasteiger partial charge is 0.432 e. The average Bonchev–Trinajstić information content (AvgIpc) is 0.675. The Kier molecular flexibility index (Phi) is 25.1. The van der Waals surface area contributed by atoms with Gasteiger partial charge < -0.3 is 178 Å². The summed E-state index contributed by atoms with van der Waals surface area (Å²) in [6.45, 7) is 13.7. The number of carbonyl (C=O) groups excluding carboxylic acids is 1. The molecule has 0 radical (unpaired) electrons. The highest BCUT2D eigenvalue weighted by Gasteiger charge is 2.73. The maximum absolute atomic E-state index is 16.2. The predicted molar refractivity (Wildman–Crippen MR) is 362 cm³/mol. The second-order valence-electron chi connectivity index (χ2n) is 35.5. The monoisotopic (exact) mass is 1590 g/mol. The number of hydrogen-bond acceptors (Lipinski definition) is 37. The summed E-state index contributed by atoms with van der Waals surface area (Å²) in [4.78, 5) is 16.2. The van der Waals surface area contributed by atoms with Gasteiger partial charge in [0.15, 0.2) is 50.1 Å². The number of rotatable bonds is 18. The van der Waals surface area contributed by atoms with Gasteiger partial charge in [0.05, 0.1) is 70.7 Å². The van der Waals surface area contributed by atoms with E-state index in [9.17, 15) is 102 Å². The lowest BCUT2D eigenvalue weighted by Crippen LogP contribution is -2.68. The van der Waals surface area contributed by atoms with Crippen molar-refractivity contribution >= 4 is 5.97 Å². The molecule has 37 heteroatoms. The van der Waals surface area contributed by atoms with E-state index in [0.29, 0.717) is 44.9 Å². The zero-order chi connectivity index (χ0) is 79.9. The second kappa shape index (κ2) is 32.2. The summed E-state index contributed by atoms with van der Waals surface area (Å²) in [6.07, 6.45) is -52.4. The van der Waals surface area contributed by atoms with Crippen LogP contribution in [0, 0.1) is 50.2 Å². The molecule has 8 heterocycles.